The molecule has 0 spiro atoms. The van der Waals surface area contributed by atoms with Crippen LogP contribution in [0.15, 0.2) is 18.3 Å². The first-order valence-corrected chi connectivity index (χ1v) is 4.82. The highest BCUT2D eigenvalue weighted by Gasteiger charge is 2.16. The van der Waals surface area contributed by atoms with Crippen LogP contribution < -0.4 is 5.73 Å². The number of nitrogens with one attached hydrogen (secondary N) is 1. The van der Waals surface area contributed by atoms with Crippen molar-refractivity contribution in [2.75, 3.05) is 5.73 Å². The van der Waals surface area contributed by atoms with E-state index in [1.165, 1.54) is 0 Å². The van der Waals surface area contributed by atoms with E-state index in [9.17, 15) is 0 Å². The van der Waals surface area contributed by atoms with Gasteiger partial charge in [0.2, 0.25) is 0 Å². The standard InChI is InChI=1S/C10H13N5/c1-6(2)8-9(14-15-10(8)11)7-4-3-5-12-13-7/h3-6H,1-2H3,(H3,11,14,15). The molecular formula is C10H13N5. The third kappa shape index (κ3) is 1.68. The summed E-state index contributed by atoms with van der Waals surface area (Å²) >= 11 is 0. The van der Waals surface area contributed by atoms with Crippen molar-refractivity contribution in [1.29, 1.82) is 0 Å². The molecule has 0 bridgehead atoms. The van der Waals surface area contributed by atoms with Gasteiger partial charge >= 0.3 is 0 Å². The zero-order valence-corrected chi connectivity index (χ0v) is 8.73. The number of hydrogen-bond donors (Lipinski definition) is 2. The lowest BCUT2D eigenvalue weighted by Gasteiger charge is -2.05. The molecule has 2 aromatic rings. The van der Waals surface area contributed by atoms with Gasteiger partial charge in [0.1, 0.15) is 11.5 Å². The van der Waals surface area contributed by atoms with Crippen LogP contribution in [0.1, 0.15) is 25.3 Å². The van der Waals surface area contributed by atoms with Gasteiger partial charge in [-0.25, -0.2) is 0 Å². The molecule has 2 rings (SSSR count). The number of nitrogens with two attached hydrogens (primary N) is 1. The van der Waals surface area contributed by atoms with Gasteiger partial charge in [-0.15, -0.1) is 5.10 Å². The summed E-state index contributed by atoms with van der Waals surface area (Å²) in [7, 11) is 0. The number of rotatable bonds is 2. The van der Waals surface area contributed by atoms with E-state index in [1.54, 1.807) is 6.20 Å². The van der Waals surface area contributed by atoms with Gasteiger partial charge in [-0.05, 0) is 18.1 Å². The molecule has 5 nitrogen and oxygen atoms in total. The van der Waals surface area contributed by atoms with Crippen molar-refractivity contribution in [3.63, 3.8) is 0 Å². The first-order valence-electron chi connectivity index (χ1n) is 4.82. The zero-order valence-electron chi connectivity index (χ0n) is 8.73. The summed E-state index contributed by atoms with van der Waals surface area (Å²) in [4.78, 5) is 0. The van der Waals surface area contributed by atoms with Crippen LogP contribution in [0.3, 0.4) is 0 Å². The predicted molar refractivity (Wildman–Crippen MR) is 58.1 cm³/mol. The summed E-state index contributed by atoms with van der Waals surface area (Å²) in [5, 5.41) is 14.8. The third-order valence-electron chi connectivity index (χ3n) is 2.24. The minimum atomic E-state index is 0.306. The van der Waals surface area contributed by atoms with E-state index in [-0.39, 0.29) is 0 Å². The largest absolute Gasteiger partial charge is 0.382 e. The first-order chi connectivity index (χ1) is 7.20. The van der Waals surface area contributed by atoms with E-state index in [0.717, 1.165) is 17.0 Å². The van der Waals surface area contributed by atoms with E-state index < -0.39 is 0 Å². The monoisotopic (exact) mass is 203 g/mol. The predicted octanol–water partition coefficient (Wildman–Crippen LogP) is 1.57. The molecule has 0 aromatic carbocycles. The van der Waals surface area contributed by atoms with Crippen LogP contribution in [0.2, 0.25) is 0 Å². The van der Waals surface area contributed by atoms with E-state index in [4.69, 9.17) is 5.73 Å². The number of nitrogens with zero attached hydrogens (tertiary/aromatic N) is 3. The van der Waals surface area contributed by atoms with Gasteiger partial charge in [0.05, 0.1) is 5.69 Å². The summed E-state index contributed by atoms with van der Waals surface area (Å²) in [6, 6.07) is 3.72. The van der Waals surface area contributed by atoms with Crippen LogP contribution in [0.5, 0.6) is 0 Å². The molecule has 0 fully saturated rings. The van der Waals surface area contributed by atoms with E-state index in [0.29, 0.717) is 11.7 Å². The fourth-order valence-corrected chi connectivity index (χ4v) is 1.58. The summed E-state index contributed by atoms with van der Waals surface area (Å²) in [5.74, 6) is 0.839. The van der Waals surface area contributed by atoms with Crippen LogP contribution in [0.4, 0.5) is 5.82 Å². The smallest absolute Gasteiger partial charge is 0.149 e. The molecule has 5 heteroatoms. The highest BCUT2D eigenvalue weighted by atomic mass is 15.2. The fourth-order valence-electron chi connectivity index (χ4n) is 1.58. The maximum Gasteiger partial charge on any atom is 0.149 e. The Balaban J connectivity index is 2.54. The summed E-state index contributed by atoms with van der Waals surface area (Å²) in [6.45, 7) is 4.14. The molecule has 0 radical (unpaired) electrons. The van der Waals surface area contributed by atoms with E-state index in [1.807, 2.05) is 12.1 Å². The molecule has 0 aliphatic rings. The highest BCUT2D eigenvalue weighted by Crippen LogP contribution is 2.29. The van der Waals surface area contributed by atoms with Crippen LogP contribution in [0.25, 0.3) is 11.4 Å². The number of anilines is 1. The molecule has 0 aliphatic carbocycles. The maximum absolute atomic E-state index is 5.79. The van der Waals surface area contributed by atoms with Gasteiger partial charge in [-0.1, -0.05) is 13.8 Å². The molecule has 0 aliphatic heterocycles. The van der Waals surface area contributed by atoms with Crippen molar-refractivity contribution >= 4 is 5.82 Å². The second-order valence-corrected chi connectivity index (χ2v) is 3.66. The second kappa shape index (κ2) is 3.68. The maximum atomic E-state index is 5.79. The first kappa shape index (κ1) is 9.64. The number of aromatic nitrogens is 4. The summed E-state index contributed by atoms with van der Waals surface area (Å²) in [5.41, 5.74) is 8.41. The quantitative estimate of drug-likeness (QED) is 0.776. The number of aromatic amines is 1. The van der Waals surface area contributed by atoms with Crippen LogP contribution >= 0.6 is 0 Å². The van der Waals surface area contributed by atoms with Crippen molar-refractivity contribution in [1.82, 2.24) is 20.4 Å². The second-order valence-electron chi connectivity index (χ2n) is 3.66. The van der Waals surface area contributed by atoms with Crippen LogP contribution in [0, 0.1) is 0 Å². The van der Waals surface area contributed by atoms with Gasteiger partial charge in [-0.2, -0.15) is 10.2 Å². The molecule has 15 heavy (non-hydrogen) atoms. The molecule has 0 amide bonds. The zero-order chi connectivity index (χ0) is 10.8. The topological polar surface area (TPSA) is 80.5 Å². The van der Waals surface area contributed by atoms with E-state index in [2.05, 4.69) is 34.2 Å². The summed E-state index contributed by atoms with van der Waals surface area (Å²) < 4.78 is 0. The third-order valence-corrected chi connectivity index (χ3v) is 2.24. The minimum absolute atomic E-state index is 0.306. The van der Waals surface area contributed by atoms with Crippen LogP contribution in [-0.4, -0.2) is 20.4 Å². The number of nitrogen functional groups attached to an aromatic ring is 1. The fraction of sp³-hybridized carbons (Fsp3) is 0.300. The molecule has 0 saturated carbocycles. The Morgan fingerprint density at radius 3 is 2.80 bits per heavy atom. The molecule has 0 saturated heterocycles. The van der Waals surface area contributed by atoms with E-state index >= 15 is 0 Å². The number of H-pyrrole nitrogens is 1. The van der Waals surface area contributed by atoms with Gasteiger partial charge < -0.3 is 5.73 Å². The number of hydrogen-bond acceptors (Lipinski definition) is 4. The Morgan fingerprint density at radius 1 is 1.40 bits per heavy atom. The van der Waals surface area contributed by atoms with Crippen molar-refractivity contribution in [3.05, 3.63) is 23.9 Å². The molecule has 78 valence electrons. The minimum Gasteiger partial charge on any atom is -0.382 e. The van der Waals surface area contributed by atoms with Crippen molar-refractivity contribution in [3.8, 4) is 11.4 Å². The van der Waals surface area contributed by atoms with Crippen LogP contribution in [-0.2, 0) is 0 Å². The SMILES string of the molecule is CC(C)c1c(N)n[nH]c1-c1cccnn1. The van der Waals surface area contributed by atoms with Crippen molar-refractivity contribution < 1.29 is 0 Å². The van der Waals surface area contributed by atoms with Gasteiger partial charge in [0, 0.05) is 11.8 Å². The Morgan fingerprint density at radius 2 is 2.20 bits per heavy atom. The van der Waals surface area contributed by atoms with Gasteiger partial charge in [-0.3, -0.25) is 5.10 Å². The lowest BCUT2D eigenvalue weighted by Crippen LogP contribution is -1.96. The van der Waals surface area contributed by atoms with Gasteiger partial charge in [0.25, 0.3) is 0 Å². The molecule has 0 unspecified atom stereocenters. The molecule has 2 heterocycles. The average molecular weight is 203 g/mol. The molecule has 0 atom stereocenters. The Labute approximate surface area is 87.7 Å². The van der Waals surface area contributed by atoms with Crippen molar-refractivity contribution in [2.24, 2.45) is 0 Å². The molecular weight excluding hydrogens is 190 g/mol. The molecule has 3 N–H and O–H groups in total. The molecule has 2 aromatic heterocycles. The lowest BCUT2D eigenvalue weighted by molar-refractivity contribution is 0.870. The normalized spacial score (nSPS) is 10.9. The van der Waals surface area contributed by atoms with Gasteiger partial charge in [0.15, 0.2) is 0 Å². The van der Waals surface area contributed by atoms with Crippen molar-refractivity contribution in [2.45, 2.75) is 19.8 Å². The average Bonchev–Trinajstić information content (AvgIpc) is 2.61. The lowest BCUT2D eigenvalue weighted by atomic mass is 10.0. The Hall–Kier alpha value is -1.91. The highest BCUT2D eigenvalue weighted by molar-refractivity contribution is 5.65. The Bertz CT molecular complexity index is 446. The summed E-state index contributed by atoms with van der Waals surface area (Å²) in [6.07, 6.45) is 1.64. The Kier molecular flexibility index (Phi) is 2.37.